The van der Waals surface area contributed by atoms with Gasteiger partial charge in [0.2, 0.25) is 0 Å². The van der Waals surface area contributed by atoms with Gasteiger partial charge in [-0.2, -0.15) is 0 Å². The van der Waals surface area contributed by atoms with Gasteiger partial charge in [-0.15, -0.1) is 0 Å². The number of hydrogen-bond donors (Lipinski definition) is 0. The average Bonchev–Trinajstić information content (AvgIpc) is 2.37. The van der Waals surface area contributed by atoms with Crippen LogP contribution >= 0.6 is 0 Å². The molecule has 0 aromatic heterocycles. The minimum absolute atomic E-state index is 0.0249. The molecule has 3 rings (SSSR count). The number of carbonyl (C=O) groups is 2. The Hall–Kier alpha value is -1.77. The Labute approximate surface area is 144 Å². The van der Waals surface area contributed by atoms with E-state index in [9.17, 15) is 9.59 Å². The topological polar surface area (TPSA) is 46.5 Å². The number of Topliss-reactive ketones (excluding diaryl/α,β-unsaturated/α-hetero) is 2. The summed E-state index contributed by atoms with van der Waals surface area (Å²) in [6.07, 6.45) is 1.74. The summed E-state index contributed by atoms with van der Waals surface area (Å²) in [4.78, 5) is 30.5. The third-order valence-corrected chi connectivity index (χ3v) is 5.26. The summed E-state index contributed by atoms with van der Waals surface area (Å²) >= 11 is 0. The Morgan fingerprint density at radius 2 is 1.46 bits per heavy atom. The SMILES string of the molecule is Cc1cc2c(cc1C)C(C1C(=O)CC(C)(C)CC1=O)=NC(C)(C)C2. The molecular weight excluding hydrogens is 298 g/mol. The third-order valence-electron chi connectivity index (χ3n) is 5.26. The lowest BCUT2D eigenvalue weighted by molar-refractivity contribution is -0.136. The first-order valence-electron chi connectivity index (χ1n) is 8.75. The van der Waals surface area contributed by atoms with Gasteiger partial charge in [0.25, 0.3) is 0 Å². The first kappa shape index (κ1) is 17.1. The average molecular weight is 325 g/mol. The van der Waals surface area contributed by atoms with Crippen LogP contribution in [-0.2, 0) is 16.0 Å². The maximum atomic E-state index is 12.8. The van der Waals surface area contributed by atoms with Crippen molar-refractivity contribution >= 4 is 17.3 Å². The Balaban J connectivity index is 2.13. The molecule has 1 aromatic rings. The van der Waals surface area contributed by atoms with Gasteiger partial charge in [0.1, 0.15) is 17.5 Å². The van der Waals surface area contributed by atoms with Crippen LogP contribution in [0.4, 0.5) is 0 Å². The number of carbonyl (C=O) groups excluding carboxylic acids is 2. The van der Waals surface area contributed by atoms with Crippen LogP contribution in [0.5, 0.6) is 0 Å². The highest BCUT2D eigenvalue weighted by Crippen LogP contribution is 2.38. The largest absolute Gasteiger partial charge is 0.298 e. The van der Waals surface area contributed by atoms with Gasteiger partial charge in [-0.3, -0.25) is 14.6 Å². The van der Waals surface area contributed by atoms with Crippen LogP contribution in [0.3, 0.4) is 0 Å². The van der Waals surface area contributed by atoms with Crippen LogP contribution in [0, 0.1) is 25.2 Å². The fraction of sp³-hybridized carbons (Fsp3) is 0.571. The van der Waals surface area contributed by atoms with Gasteiger partial charge >= 0.3 is 0 Å². The molecule has 24 heavy (non-hydrogen) atoms. The lowest BCUT2D eigenvalue weighted by Crippen LogP contribution is -2.44. The molecule has 1 aliphatic carbocycles. The predicted molar refractivity (Wildman–Crippen MR) is 96.8 cm³/mol. The zero-order chi connectivity index (χ0) is 17.9. The van der Waals surface area contributed by atoms with Crippen molar-refractivity contribution in [3.63, 3.8) is 0 Å². The van der Waals surface area contributed by atoms with Gasteiger partial charge < -0.3 is 0 Å². The molecule has 0 radical (unpaired) electrons. The first-order chi connectivity index (χ1) is 11.0. The highest BCUT2D eigenvalue weighted by molar-refractivity contribution is 6.28. The molecule has 2 aliphatic rings. The molecule has 3 heteroatoms. The number of benzene rings is 1. The monoisotopic (exact) mass is 325 g/mol. The second-order valence-corrected chi connectivity index (χ2v) is 8.96. The van der Waals surface area contributed by atoms with Crippen LogP contribution in [0.2, 0.25) is 0 Å². The molecule has 128 valence electrons. The molecule has 0 N–H and O–H groups in total. The summed E-state index contributed by atoms with van der Waals surface area (Å²) in [5, 5.41) is 0. The summed E-state index contributed by atoms with van der Waals surface area (Å²) < 4.78 is 0. The lowest BCUT2D eigenvalue weighted by Gasteiger charge is -2.36. The minimum Gasteiger partial charge on any atom is -0.298 e. The Kier molecular flexibility index (Phi) is 3.82. The van der Waals surface area contributed by atoms with E-state index in [1.54, 1.807) is 0 Å². The normalized spacial score (nSPS) is 23.0. The van der Waals surface area contributed by atoms with Crippen molar-refractivity contribution in [2.24, 2.45) is 16.3 Å². The lowest BCUT2D eigenvalue weighted by atomic mass is 9.68. The molecule has 0 spiro atoms. The van der Waals surface area contributed by atoms with E-state index in [1.165, 1.54) is 16.7 Å². The summed E-state index contributed by atoms with van der Waals surface area (Å²) in [6, 6.07) is 4.31. The molecule has 0 unspecified atom stereocenters. The van der Waals surface area contributed by atoms with E-state index in [4.69, 9.17) is 4.99 Å². The summed E-state index contributed by atoms with van der Waals surface area (Å²) in [5.74, 6) is -0.632. The van der Waals surface area contributed by atoms with Crippen molar-refractivity contribution in [2.75, 3.05) is 0 Å². The van der Waals surface area contributed by atoms with Crippen LogP contribution in [0.15, 0.2) is 17.1 Å². The molecule has 0 bridgehead atoms. The van der Waals surface area contributed by atoms with Crippen molar-refractivity contribution in [3.05, 3.63) is 34.4 Å². The quantitative estimate of drug-likeness (QED) is 0.733. The van der Waals surface area contributed by atoms with Crippen molar-refractivity contribution in [3.8, 4) is 0 Å². The Morgan fingerprint density at radius 3 is 2.04 bits per heavy atom. The number of rotatable bonds is 1. The molecule has 0 saturated heterocycles. The van der Waals surface area contributed by atoms with E-state index in [1.807, 2.05) is 13.8 Å². The maximum absolute atomic E-state index is 12.8. The van der Waals surface area contributed by atoms with Crippen LogP contribution in [-0.4, -0.2) is 22.8 Å². The van der Waals surface area contributed by atoms with Gasteiger partial charge in [-0.1, -0.05) is 19.9 Å². The van der Waals surface area contributed by atoms with E-state index in [2.05, 4.69) is 39.8 Å². The van der Waals surface area contributed by atoms with Crippen molar-refractivity contribution in [1.82, 2.24) is 0 Å². The summed E-state index contributed by atoms with van der Waals surface area (Å²) in [5.41, 5.74) is 4.82. The molecule has 3 nitrogen and oxygen atoms in total. The number of nitrogens with zero attached hydrogens (tertiary/aromatic N) is 1. The third kappa shape index (κ3) is 2.97. The van der Waals surface area contributed by atoms with Crippen molar-refractivity contribution in [1.29, 1.82) is 0 Å². The molecule has 1 saturated carbocycles. The van der Waals surface area contributed by atoms with E-state index < -0.39 is 5.92 Å². The minimum atomic E-state index is -0.682. The second-order valence-electron chi connectivity index (χ2n) is 8.96. The number of ketones is 2. The second kappa shape index (κ2) is 5.37. The fourth-order valence-corrected chi connectivity index (χ4v) is 4.07. The van der Waals surface area contributed by atoms with Gasteiger partial charge in [-0.05, 0) is 62.3 Å². The zero-order valence-electron chi connectivity index (χ0n) is 15.6. The van der Waals surface area contributed by atoms with Gasteiger partial charge in [0, 0.05) is 18.4 Å². The predicted octanol–water partition coefficient (Wildman–Crippen LogP) is 4.00. The Morgan fingerprint density at radius 1 is 0.917 bits per heavy atom. The first-order valence-corrected chi connectivity index (χ1v) is 8.75. The van der Waals surface area contributed by atoms with Crippen LogP contribution in [0.25, 0.3) is 0 Å². The molecule has 1 aliphatic heterocycles. The number of aliphatic imine (C=N–C) groups is 1. The number of fused-ring (bicyclic) bond motifs is 1. The highest BCUT2D eigenvalue weighted by Gasteiger charge is 2.44. The molecule has 1 fully saturated rings. The standard InChI is InChI=1S/C21H27NO2/c1-12-7-14-9-21(5,6)22-19(15(14)8-13(12)2)18-16(23)10-20(3,4)11-17(18)24/h7-8,18H,9-11H2,1-6H3. The number of hydrogen-bond acceptors (Lipinski definition) is 3. The smallest absolute Gasteiger partial charge is 0.149 e. The summed E-state index contributed by atoms with van der Waals surface area (Å²) in [7, 11) is 0. The number of aryl methyl sites for hydroxylation is 2. The molecular formula is C21H27NO2. The summed E-state index contributed by atoms with van der Waals surface area (Å²) in [6.45, 7) is 12.3. The van der Waals surface area contributed by atoms with Gasteiger partial charge in [0.15, 0.2) is 0 Å². The van der Waals surface area contributed by atoms with E-state index in [0.29, 0.717) is 18.6 Å². The molecule has 1 heterocycles. The maximum Gasteiger partial charge on any atom is 0.149 e. The van der Waals surface area contributed by atoms with Gasteiger partial charge in [0.05, 0.1) is 11.3 Å². The van der Waals surface area contributed by atoms with E-state index >= 15 is 0 Å². The van der Waals surface area contributed by atoms with Gasteiger partial charge in [-0.25, -0.2) is 0 Å². The highest BCUT2D eigenvalue weighted by atomic mass is 16.2. The Bertz CT molecular complexity index is 748. The van der Waals surface area contributed by atoms with Crippen molar-refractivity contribution in [2.45, 2.75) is 66.3 Å². The molecule has 1 aromatic carbocycles. The van der Waals surface area contributed by atoms with E-state index in [0.717, 1.165) is 12.0 Å². The molecule has 0 amide bonds. The van der Waals surface area contributed by atoms with Crippen LogP contribution in [0.1, 0.15) is 62.8 Å². The fourth-order valence-electron chi connectivity index (χ4n) is 4.07. The zero-order valence-corrected chi connectivity index (χ0v) is 15.6. The molecule has 0 atom stereocenters. The van der Waals surface area contributed by atoms with Crippen LogP contribution < -0.4 is 0 Å². The van der Waals surface area contributed by atoms with Crippen molar-refractivity contribution < 1.29 is 9.59 Å². The van der Waals surface area contributed by atoms with E-state index in [-0.39, 0.29) is 22.5 Å².